The smallest absolute Gasteiger partial charge is 0.122 e. The van der Waals surface area contributed by atoms with Crippen molar-refractivity contribution in [2.75, 3.05) is 46.4 Å². The number of piperazine rings is 1. The molecule has 0 bridgehead atoms. The van der Waals surface area contributed by atoms with Gasteiger partial charge in [0.1, 0.15) is 11.5 Å². The molecule has 1 heterocycles. The summed E-state index contributed by atoms with van der Waals surface area (Å²) in [5.41, 5.74) is 0. The molecule has 0 aliphatic carbocycles. The number of hydrogen-bond acceptors (Lipinski definition) is 4. The summed E-state index contributed by atoms with van der Waals surface area (Å²) in [6, 6.07) is 7.78. The quantitative estimate of drug-likeness (QED) is 0.846. The van der Waals surface area contributed by atoms with Gasteiger partial charge in [0, 0.05) is 44.7 Å². The van der Waals surface area contributed by atoms with Crippen LogP contribution in [0.15, 0.2) is 24.3 Å². The van der Waals surface area contributed by atoms with Crippen LogP contribution in [-0.2, 0) is 0 Å². The Labute approximate surface area is 115 Å². The van der Waals surface area contributed by atoms with Gasteiger partial charge in [-0.15, -0.1) is 0 Å². The van der Waals surface area contributed by atoms with Gasteiger partial charge in [-0.2, -0.15) is 0 Å². The van der Waals surface area contributed by atoms with Gasteiger partial charge in [0.15, 0.2) is 0 Å². The minimum absolute atomic E-state index is 0.532. The van der Waals surface area contributed by atoms with Crippen LogP contribution >= 0.6 is 0 Å². The van der Waals surface area contributed by atoms with Gasteiger partial charge in [-0.3, -0.25) is 0 Å². The van der Waals surface area contributed by atoms with E-state index < -0.39 is 0 Å². The Bertz CT molecular complexity index is 378. The van der Waals surface area contributed by atoms with E-state index in [2.05, 4.69) is 17.1 Å². The van der Waals surface area contributed by atoms with Crippen LogP contribution in [-0.4, -0.2) is 51.3 Å². The van der Waals surface area contributed by atoms with Crippen molar-refractivity contribution in [1.82, 2.24) is 10.2 Å². The molecule has 1 aromatic rings. The summed E-state index contributed by atoms with van der Waals surface area (Å²) >= 11 is 0. The highest BCUT2D eigenvalue weighted by molar-refractivity contribution is 5.32. The van der Waals surface area contributed by atoms with Crippen molar-refractivity contribution >= 4 is 0 Å². The van der Waals surface area contributed by atoms with E-state index in [-0.39, 0.29) is 0 Å². The predicted octanol–water partition coefficient (Wildman–Crippen LogP) is 1.62. The number of nitrogens with one attached hydrogen (secondary N) is 1. The monoisotopic (exact) mass is 264 g/mol. The second-order valence-corrected chi connectivity index (χ2v) is 5.15. The Kier molecular flexibility index (Phi) is 5.48. The number of rotatable bonds is 6. The number of benzene rings is 1. The highest BCUT2D eigenvalue weighted by Crippen LogP contribution is 2.19. The summed E-state index contributed by atoms with van der Waals surface area (Å²) in [6.45, 7) is 8.57. The molecule has 1 unspecified atom stereocenters. The molecular weight excluding hydrogens is 240 g/mol. The van der Waals surface area contributed by atoms with Crippen LogP contribution < -0.4 is 14.8 Å². The van der Waals surface area contributed by atoms with E-state index in [1.54, 1.807) is 7.11 Å². The molecule has 2 rings (SSSR count). The van der Waals surface area contributed by atoms with Crippen molar-refractivity contribution in [2.24, 2.45) is 5.92 Å². The zero-order valence-corrected chi connectivity index (χ0v) is 11.9. The van der Waals surface area contributed by atoms with E-state index in [4.69, 9.17) is 9.47 Å². The second-order valence-electron chi connectivity index (χ2n) is 5.15. The Morgan fingerprint density at radius 3 is 2.74 bits per heavy atom. The molecule has 1 fully saturated rings. The van der Waals surface area contributed by atoms with Gasteiger partial charge in [-0.1, -0.05) is 13.0 Å². The van der Waals surface area contributed by atoms with Gasteiger partial charge in [0.05, 0.1) is 13.7 Å². The Morgan fingerprint density at radius 2 is 2.00 bits per heavy atom. The lowest BCUT2D eigenvalue weighted by atomic mass is 10.1. The molecule has 1 N–H and O–H groups in total. The first kappa shape index (κ1) is 14.2. The summed E-state index contributed by atoms with van der Waals surface area (Å²) in [6.07, 6.45) is 0. The van der Waals surface area contributed by atoms with Gasteiger partial charge in [-0.25, -0.2) is 0 Å². The van der Waals surface area contributed by atoms with Crippen LogP contribution in [0.2, 0.25) is 0 Å². The lowest BCUT2D eigenvalue weighted by molar-refractivity contribution is 0.171. The third-order valence-corrected chi connectivity index (χ3v) is 3.36. The summed E-state index contributed by atoms with van der Waals surface area (Å²) in [5.74, 6) is 2.25. The first-order chi connectivity index (χ1) is 9.28. The Balaban J connectivity index is 1.74. The summed E-state index contributed by atoms with van der Waals surface area (Å²) in [4.78, 5) is 2.50. The van der Waals surface area contributed by atoms with Gasteiger partial charge in [0.25, 0.3) is 0 Å². The maximum absolute atomic E-state index is 5.83. The van der Waals surface area contributed by atoms with Crippen molar-refractivity contribution in [3.8, 4) is 11.5 Å². The molecule has 0 radical (unpaired) electrons. The van der Waals surface area contributed by atoms with Crippen molar-refractivity contribution in [1.29, 1.82) is 0 Å². The topological polar surface area (TPSA) is 33.7 Å². The normalized spacial score (nSPS) is 18.0. The zero-order chi connectivity index (χ0) is 13.5. The van der Waals surface area contributed by atoms with E-state index >= 15 is 0 Å². The average Bonchev–Trinajstić information content (AvgIpc) is 2.46. The van der Waals surface area contributed by atoms with Crippen LogP contribution in [0.4, 0.5) is 0 Å². The number of methoxy groups -OCH3 is 1. The average molecular weight is 264 g/mol. The molecular formula is C15H24N2O2. The minimum atomic E-state index is 0.532. The van der Waals surface area contributed by atoms with Crippen molar-refractivity contribution < 1.29 is 9.47 Å². The molecule has 106 valence electrons. The molecule has 4 heteroatoms. The van der Waals surface area contributed by atoms with E-state index in [9.17, 15) is 0 Å². The number of hydrogen-bond donors (Lipinski definition) is 1. The molecule has 1 saturated heterocycles. The van der Waals surface area contributed by atoms with Crippen molar-refractivity contribution in [3.05, 3.63) is 24.3 Å². The fourth-order valence-corrected chi connectivity index (χ4v) is 2.32. The predicted molar refractivity (Wildman–Crippen MR) is 77.0 cm³/mol. The molecule has 1 aliphatic rings. The maximum Gasteiger partial charge on any atom is 0.122 e. The molecule has 1 aromatic carbocycles. The first-order valence-electron chi connectivity index (χ1n) is 6.98. The van der Waals surface area contributed by atoms with Gasteiger partial charge < -0.3 is 19.7 Å². The van der Waals surface area contributed by atoms with Gasteiger partial charge >= 0.3 is 0 Å². The van der Waals surface area contributed by atoms with E-state index in [1.165, 1.54) is 0 Å². The lowest BCUT2D eigenvalue weighted by Gasteiger charge is -2.29. The van der Waals surface area contributed by atoms with Gasteiger partial charge in [-0.05, 0) is 12.1 Å². The molecule has 0 amide bonds. The molecule has 0 spiro atoms. The van der Waals surface area contributed by atoms with Crippen LogP contribution in [0.25, 0.3) is 0 Å². The van der Waals surface area contributed by atoms with Crippen LogP contribution in [0.3, 0.4) is 0 Å². The van der Waals surface area contributed by atoms with Gasteiger partial charge in [0.2, 0.25) is 0 Å². The standard InChI is InChI=1S/C15H24N2O2/c1-13(11-17-8-6-16-7-9-17)12-19-15-5-3-4-14(10-15)18-2/h3-5,10,13,16H,6-9,11-12H2,1-2H3. The molecule has 0 aromatic heterocycles. The zero-order valence-electron chi connectivity index (χ0n) is 11.9. The SMILES string of the molecule is COc1cccc(OCC(C)CN2CCNCC2)c1. The van der Waals surface area contributed by atoms with E-state index in [0.29, 0.717) is 5.92 Å². The minimum Gasteiger partial charge on any atom is -0.497 e. The highest BCUT2D eigenvalue weighted by atomic mass is 16.5. The Morgan fingerprint density at radius 1 is 1.26 bits per heavy atom. The highest BCUT2D eigenvalue weighted by Gasteiger charge is 2.13. The molecule has 1 atom stereocenters. The third kappa shape index (κ3) is 4.73. The molecule has 1 aliphatic heterocycles. The fraction of sp³-hybridized carbons (Fsp3) is 0.600. The summed E-state index contributed by atoms with van der Waals surface area (Å²) < 4.78 is 11.0. The largest absolute Gasteiger partial charge is 0.497 e. The number of nitrogens with zero attached hydrogens (tertiary/aromatic N) is 1. The molecule has 4 nitrogen and oxygen atoms in total. The molecule has 19 heavy (non-hydrogen) atoms. The molecule has 0 saturated carbocycles. The number of ether oxygens (including phenoxy) is 2. The first-order valence-corrected chi connectivity index (χ1v) is 6.98. The maximum atomic E-state index is 5.83. The van der Waals surface area contributed by atoms with Crippen LogP contribution in [0.1, 0.15) is 6.92 Å². The fourth-order valence-electron chi connectivity index (χ4n) is 2.32. The van der Waals surface area contributed by atoms with Crippen LogP contribution in [0.5, 0.6) is 11.5 Å². The Hall–Kier alpha value is -1.26. The van der Waals surface area contributed by atoms with Crippen molar-refractivity contribution in [2.45, 2.75) is 6.92 Å². The van der Waals surface area contributed by atoms with E-state index in [0.717, 1.165) is 50.8 Å². The van der Waals surface area contributed by atoms with Crippen molar-refractivity contribution in [3.63, 3.8) is 0 Å². The third-order valence-electron chi connectivity index (χ3n) is 3.36. The summed E-state index contributed by atoms with van der Waals surface area (Å²) in [7, 11) is 1.67. The van der Waals surface area contributed by atoms with Crippen LogP contribution in [0, 0.1) is 5.92 Å². The lowest BCUT2D eigenvalue weighted by Crippen LogP contribution is -2.45. The van der Waals surface area contributed by atoms with E-state index in [1.807, 2.05) is 24.3 Å². The second kappa shape index (κ2) is 7.36. The summed E-state index contributed by atoms with van der Waals surface area (Å²) in [5, 5.41) is 3.37.